The Bertz CT molecular complexity index is 1640. The van der Waals surface area contributed by atoms with E-state index in [-0.39, 0.29) is 12.5 Å². The molecule has 256 valence electrons. The second kappa shape index (κ2) is 17.1. The number of carboxylic acid groups (broad SMARTS) is 1. The van der Waals surface area contributed by atoms with E-state index in [0.717, 1.165) is 47.3 Å². The molecule has 6 nitrogen and oxygen atoms in total. The van der Waals surface area contributed by atoms with Crippen molar-refractivity contribution in [1.82, 2.24) is 4.90 Å². The summed E-state index contributed by atoms with van der Waals surface area (Å²) >= 11 is 12.6. The average Bonchev–Trinajstić information content (AvgIpc) is 3.02. The number of ether oxygens (including phenoxy) is 3. The van der Waals surface area contributed by atoms with Crippen LogP contribution in [0.15, 0.2) is 78.9 Å². The standard InChI is InChI=1S/C40H47Cl2NO5/c1-27-22-36(41)38(37(42)23-27)48-21-20-47-33-16-13-29(14-17-33)25-32(26-43(39(44)45)40(3,4)5)34-18-15-31(24-28(34)2)35-12-8-7-10-30(35)11-9-19-46-6/h7-8,10,12-18,22-24,32H,9,11,19-21,25-26H2,1-6H3,(H,44,45). The molecule has 1 unspecified atom stereocenters. The zero-order valence-electron chi connectivity index (χ0n) is 28.8. The van der Waals surface area contributed by atoms with E-state index >= 15 is 0 Å². The van der Waals surface area contributed by atoms with E-state index in [4.69, 9.17) is 37.4 Å². The quantitative estimate of drug-likeness (QED) is 0.126. The van der Waals surface area contributed by atoms with Crippen LogP contribution in [0.3, 0.4) is 0 Å². The maximum atomic E-state index is 12.4. The van der Waals surface area contributed by atoms with Gasteiger partial charge in [-0.2, -0.15) is 0 Å². The Kier molecular flexibility index (Phi) is 13.2. The number of carbonyl (C=O) groups is 1. The molecule has 48 heavy (non-hydrogen) atoms. The van der Waals surface area contributed by atoms with Gasteiger partial charge < -0.3 is 24.2 Å². The SMILES string of the molecule is COCCCc1ccccc1-c1ccc(C(Cc2ccc(OCCOc3c(Cl)cc(C)cc3Cl)cc2)CN(C(=O)O)C(C)(C)C)c(C)c1. The Morgan fingerprint density at radius 3 is 2.17 bits per heavy atom. The summed E-state index contributed by atoms with van der Waals surface area (Å²) in [6, 6.07) is 26.7. The highest BCUT2D eigenvalue weighted by atomic mass is 35.5. The first-order valence-corrected chi connectivity index (χ1v) is 17.1. The van der Waals surface area contributed by atoms with Crippen LogP contribution in [-0.2, 0) is 17.6 Å². The zero-order valence-corrected chi connectivity index (χ0v) is 30.3. The average molecular weight is 693 g/mol. The number of benzene rings is 4. The number of rotatable bonds is 15. The monoisotopic (exact) mass is 691 g/mol. The molecule has 1 N–H and O–H groups in total. The third-order valence-electron chi connectivity index (χ3n) is 8.42. The van der Waals surface area contributed by atoms with Gasteiger partial charge in [-0.25, -0.2) is 4.79 Å². The van der Waals surface area contributed by atoms with Gasteiger partial charge in [0.25, 0.3) is 0 Å². The van der Waals surface area contributed by atoms with E-state index in [1.807, 2.05) is 64.1 Å². The molecule has 1 amide bonds. The van der Waals surface area contributed by atoms with Gasteiger partial charge >= 0.3 is 6.09 Å². The van der Waals surface area contributed by atoms with Gasteiger partial charge in [-0.15, -0.1) is 0 Å². The van der Waals surface area contributed by atoms with Crippen LogP contribution in [0.1, 0.15) is 60.9 Å². The summed E-state index contributed by atoms with van der Waals surface area (Å²) in [4.78, 5) is 14.0. The van der Waals surface area contributed by atoms with Crippen molar-refractivity contribution in [3.05, 3.63) is 117 Å². The molecule has 1 atom stereocenters. The van der Waals surface area contributed by atoms with Gasteiger partial charge in [0.15, 0.2) is 5.75 Å². The van der Waals surface area contributed by atoms with Crippen molar-refractivity contribution in [2.75, 3.05) is 33.5 Å². The number of amides is 1. The molecule has 0 aliphatic carbocycles. The molecule has 0 fully saturated rings. The molecule has 4 rings (SSSR count). The molecule has 0 saturated heterocycles. The molecule has 0 bridgehead atoms. The van der Waals surface area contributed by atoms with E-state index < -0.39 is 11.6 Å². The number of aryl methyl sites for hydroxylation is 3. The van der Waals surface area contributed by atoms with E-state index in [2.05, 4.69) is 49.4 Å². The van der Waals surface area contributed by atoms with E-state index in [0.29, 0.717) is 41.1 Å². The minimum atomic E-state index is -0.925. The second-order valence-corrected chi connectivity index (χ2v) is 14.0. The summed E-state index contributed by atoms with van der Waals surface area (Å²) in [5, 5.41) is 11.1. The summed E-state index contributed by atoms with van der Waals surface area (Å²) in [5.41, 5.74) is 7.44. The van der Waals surface area contributed by atoms with Gasteiger partial charge in [0.1, 0.15) is 19.0 Å². The maximum absolute atomic E-state index is 12.4. The lowest BCUT2D eigenvalue weighted by Gasteiger charge is -2.36. The van der Waals surface area contributed by atoms with Crippen molar-refractivity contribution >= 4 is 29.3 Å². The summed E-state index contributed by atoms with van der Waals surface area (Å²) < 4.78 is 17.0. The third-order valence-corrected chi connectivity index (χ3v) is 8.98. The van der Waals surface area contributed by atoms with E-state index in [1.165, 1.54) is 11.1 Å². The molecule has 0 saturated carbocycles. The number of halogens is 2. The Hall–Kier alpha value is -3.71. The van der Waals surface area contributed by atoms with Crippen LogP contribution >= 0.6 is 23.2 Å². The Balaban J connectivity index is 1.51. The molecule has 0 radical (unpaired) electrons. The van der Waals surface area contributed by atoms with Crippen LogP contribution in [0.4, 0.5) is 4.79 Å². The van der Waals surface area contributed by atoms with Crippen LogP contribution in [0.2, 0.25) is 10.0 Å². The molecule has 0 heterocycles. The van der Waals surface area contributed by atoms with Crippen molar-refractivity contribution in [2.45, 2.75) is 65.3 Å². The summed E-state index contributed by atoms with van der Waals surface area (Å²) in [6.07, 6.45) is 1.64. The normalized spacial score (nSPS) is 12.1. The van der Waals surface area contributed by atoms with E-state index in [9.17, 15) is 9.90 Å². The Morgan fingerprint density at radius 1 is 0.875 bits per heavy atom. The van der Waals surface area contributed by atoms with Gasteiger partial charge in [-0.1, -0.05) is 77.8 Å². The van der Waals surface area contributed by atoms with Gasteiger partial charge in [-0.3, -0.25) is 0 Å². The zero-order chi connectivity index (χ0) is 34.8. The topological polar surface area (TPSA) is 68.2 Å². The highest BCUT2D eigenvalue weighted by Crippen LogP contribution is 2.35. The molecule has 0 aliphatic rings. The molecule has 0 spiro atoms. The van der Waals surface area contributed by atoms with Crippen molar-refractivity contribution in [2.24, 2.45) is 0 Å². The fourth-order valence-corrected chi connectivity index (χ4v) is 6.70. The summed E-state index contributed by atoms with van der Waals surface area (Å²) in [7, 11) is 1.73. The lowest BCUT2D eigenvalue weighted by Crippen LogP contribution is -2.47. The minimum absolute atomic E-state index is 0.0597. The minimum Gasteiger partial charge on any atom is -0.490 e. The lowest BCUT2D eigenvalue weighted by molar-refractivity contribution is 0.0956. The van der Waals surface area contributed by atoms with Crippen LogP contribution in [0.5, 0.6) is 11.5 Å². The molecule has 0 aliphatic heterocycles. The first-order chi connectivity index (χ1) is 22.9. The van der Waals surface area contributed by atoms with Crippen LogP contribution in [-0.4, -0.2) is 55.1 Å². The Labute approximate surface area is 295 Å². The lowest BCUT2D eigenvalue weighted by atomic mass is 9.85. The molecule has 4 aromatic carbocycles. The fraction of sp³-hybridized carbons (Fsp3) is 0.375. The van der Waals surface area contributed by atoms with Crippen LogP contribution in [0.25, 0.3) is 11.1 Å². The highest BCUT2D eigenvalue weighted by Gasteiger charge is 2.30. The second-order valence-electron chi connectivity index (χ2n) is 13.2. The first-order valence-electron chi connectivity index (χ1n) is 16.4. The van der Waals surface area contributed by atoms with E-state index in [1.54, 1.807) is 12.0 Å². The maximum Gasteiger partial charge on any atom is 0.407 e. The summed E-state index contributed by atoms with van der Waals surface area (Å²) in [5.74, 6) is 1.11. The molecule has 0 aromatic heterocycles. The fourth-order valence-electron chi connectivity index (χ4n) is 5.99. The number of nitrogens with zero attached hydrogens (tertiary/aromatic N) is 1. The number of hydrogen-bond acceptors (Lipinski definition) is 4. The molecular formula is C40H47Cl2NO5. The smallest absolute Gasteiger partial charge is 0.407 e. The van der Waals surface area contributed by atoms with Crippen molar-refractivity contribution in [3.63, 3.8) is 0 Å². The van der Waals surface area contributed by atoms with Crippen LogP contribution < -0.4 is 9.47 Å². The molecule has 8 heteroatoms. The van der Waals surface area contributed by atoms with Crippen molar-refractivity contribution < 1.29 is 24.1 Å². The molecular weight excluding hydrogens is 645 g/mol. The van der Waals surface area contributed by atoms with Gasteiger partial charge in [0.05, 0.1) is 10.0 Å². The predicted octanol–water partition coefficient (Wildman–Crippen LogP) is 10.4. The highest BCUT2D eigenvalue weighted by molar-refractivity contribution is 6.37. The Morgan fingerprint density at radius 2 is 1.54 bits per heavy atom. The van der Waals surface area contributed by atoms with Gasteiger partial charge in [0.2, 0.25) is 0 Å². The van der Waals surface area contributed by atoms with Gasteiger partial charge in [0, 0.05) is 31.7 Å². The first kappa shape index (κ1) is 37.1. The molecule has 4 aromatic rings. The summed E-state index contributed by atoms with van der Waals surface area (Å²) in [6.45, 7) is 11.6. The van der Waals surface area contributed by atoms with Crippen molar-refractivity contribution in [3.8, 4) is 22.6 Å². The predicted molar refractivity (Wildman–Crippen MR) is 196 cm³/mol. The van der Waals surface area contributed by atoms with Crippen molar-refractivity contribution in [1.29, 1.82) is 0 Å². The third kappa shape index (κ3) is 10.1. The number of hydrogen-bond donors (Lipinski definition) is 1. The van der Waals surface area contributed by atoms with Gasteiger partial charge in [-0.05, 0) is 117 Å². The largest absolute Gasteiger partial charge is 0.490 e. The van der Waals surface area contributed by atoms with Crippen LogP contribution in [0, 0.1) is 13.8 Å². The number of methoxy groups -OCH3 is 1.